The van der Waals surface area contributed by atoms with E-state index in [-0.39, 0.29) is 11.1 Å². The van der Waals surface area contributed by atoms with Crippen LogP contribution in [0.25, 0.3) is 0 Å². The summed E-state index contributed by atoms with van der Waals surface area (Å²) < 4.78 is 11.8. The van der Waals surface area contributed by atoms with E-state index in [0.717, 1.165) is 55.8 Å². The predicted octanol–water partition coefficient (Wildman–Crippen LogP) is 7.20. The normalized spacial score (nSPS) is 13.0. The van der Waals surface area contributed by atoms with Crippen LogP contribution in [0.15, 0.2) is 22.7 Å². The molecule has 0 aliphatic carbocycles. The lowest BCUT2D eigenvalue weighted by atomic mass is 10.0. The number of ether oxygens (including phenoxy) is 2. The second-order valence-corrected chi connectivity index (χ2v) is 8.64. The molecule has 1 aromatic rings. The molecule has 2 unspecified atom stereocenters. The van der Waals surface area contributed by atoms with E-state index in [1.165, 1.54) is 0 Å². The van der Waals surface area contributed by atoms with Gasteiger partial charge in [0.1, 0.15) is 0 Å². The Morgan fingerprint density at radius 2 is 1.31 bits per heavy atom. The van der Waals surface area contributed by atoms with E-state index in [4.69, 9.17) is 9.47 Å². The van der Waals surface area contributed by atoms with E-state index in [2.05, 4.69) is 43.6 Å². The summed E-state index contributed by atoms with van der Waals surface area (Å²) >= 11 is 3.38. The lowest BCUT2D eigenvalue weighted by Gasteiger charge is -2.17. The third-order valence-corrected chi connectivity index (χ3v) is 5.90. The van der Waals surface area contributed by atoms with Crippen molar-refractivity contribution in [2.24, 2.45) is 11.8 Å². The maximum absolute atomic E-state index is 12.7. The van der Waals surface area contributed by atoms with Gasteiger partial charge in [0.05, 0.1) is 24.3 Å². The molecule has 0 fully saturated rings. The van der Waals surface area contributed by atoms with Gasteiger partial charge in [0.15, 0.2) is 0 Å². The highest BCUT2D eigenvalue weighted by Crippen LogP contribution is 2.21. The molecule has 0 amide bonds. The average molecular weight is 469 g/mol. The molecule has 0 aliphatic heterocycles. The minimum Gasteiger partial charge on any atom is -0.462 e. The molecule has 0 saturated carbocycles. The molecule has 0 heterocycles. The minimum atomic E-state index is -0.466. The van der Waals surface area contributed by atoms with Gasteiger partial charge >= 0.3 is 11.9 Å². The fourth-order valence-electron chi connectivity index (χ4n) is 3.20. The van der Waals surface area contributed by atoms with Crippen LogP contribution in [-0.2, 0) is 9.47 Å². The first-order valence-corrected chi connectivity index (χ1v) is 11.9. The number of carbonyl (C=O) groups is 2. The summed E-state index contributed by atoms with van der Waals surface area (Å²) in [5, 5.41) is 0. The van der Waals surface area contributed by atoms with Gasteiger partial charge in [0.25, 0.3) is 0 Å². The maximum atomic E-state index is 12.7. The Hall–Kier alpha value is -1.36. The summed E-state index contributed by atoms with van der Waals surface area (Å²) in [7, 11) is 0. The van der Waals surface area contributed by atoms with Gasteiger partial charge in [-0.25, -0.2) is 9.59 Å². The van der Waals surface area contributed by atoms with Crippen LogP contribution in [0.2, 0.25) is 0 Å². The van der Waals surface area contributed by atoms with Gasteiger partial charge in [-0.05, 0) is 42.9 Å². The Balaban J connectivity index is 2.79. The Morgan fingerprint density at radius 1 is 0.828 bits per heavy atom. The van der Waals surface area contributed by atoms with Gasteiger partial charge in [-0.1, -0.05) is 82.1 Å². The number of carbonyl (C=O) groups excluding carboxylic acids is 2. The second-order valence-electron chi connectivity index (χ2n) is 7.72. The first-order valence-electron chi connectivity index (χ1n) is 11.1. The van der Waals surface area contributed by atoms with Gasteiger partial charge in [-0.2, -0.15) is 0 Å². The van der Waals surface area contributed by atoms with Gasteiger partial charge in [-0.3, -0.25) is 0 Å². The monoisotopic (exact) mass is 468 g/mol. The number of unbranched alkanes of at least 4 members (excludes halogenated alkanes) is 2. The van der Waals surface area contributed by atoms with Crippen LogP contribution in [0.3, 0.4) is 0 Å². The number of rotatable bonds is 14. The van der Waals surface area contributed by atoms with E-state index in [9.17, 15) is 9.59 Å². The SMILES string of the molecule is CCCCC(CC)COC(=O)c1ccc(Br)cc1C(=O)OCC(CC)CCCC. The van der Waals surface area contributed by atoms with Crippen LogP contribution in [0.5, 0.6) is 0 Å². The predicted molar refractivity (Wildman–Crippen MR) is 121 cm³/mol. The Bertz CT molecular complexity index is 629. The van der Waals surface area contributed by atoms with E-state index >= 15 is 0 Å². The summed E-state index contributed by atoms with van der Waals surface area (Å²) in [6.07, 6.45) is 8.54. The van der Waals surface area contributed by atoms with Crippen molar-refractivity contribution < 1.29 is 19.1 Å². The van der Waals surface area contributed by atoms with Crippen LogP contribution in [-0.4, -0.2) is 25.2 Å². The van der Waals surface area contributed by atoms with Crippen LogP contribution in [0.1, 0.15) is 99.8 Å². The number of benzene rings is 1. The van der Waals surface area contributed by atoms with E-state index in [1.54, 1.807) is 18.2 Å². The molecule has 4 nitrogen and oxygen atoms in total. The molecule has 0 bridgehead atoms. The fraction of sp³-hybridized carbons (Fsp3) is 0.667. The molecule has 0 N–H and O–H groups in total. The quantitative estimate of drug-likeness (QED) is 0.271. The Morgan fingerprint density at radius 3 is 1.76 bits per heavy atom. The summed E-state index contributed by atoms with van der Waals surface area (Å²) in [4.78, 5) is 25.4. The van der Waals surface area contributed by atoms with Crippen LogP contribution in [0.4, 0.5) is 0 Å². The van der Waals surface area contributed by atoms with Gasteiger partial charge in [-0.15, -0.1) is 0 Å². The van der Waals surface area contributed by atoms with Crippen molar-refractivity contribution in [3.63, 3.8) is 0 Å². The molecule has 0 aliphatic rings. The highest BCUT2D eigenvalue weighted by Gasteiger charge is 2.22. The first kappa shape index (κ1) is 25.7. The van der Waals surface area contributed by atoms with Gasteiger partial charge in [0.2, 0.25) is 0 Å². The number of halogens is 1. The number of esters is 2. The number of hydrogen-bond donors (Lipinski definition) is 0. The van der Waals surface area contributed by atoms with E-state index < -0.39 is 11.9 Å². The molecule has 0 saturated heterocycles. The highest BCUT2D eigenvalue weighted by atomic mass is 79.9. The summed E-state index contributed by atoms with van der Waals surface area (Å²) in [6.45, 7) is 9.30. The molecule has 1 aromatic carbocycles. The van der Waals surface area contributed by atoms with E-state index in [0.29, 0.717) is 25.0 Å². The van der Waals surface area contributed by atoms with Crippen molar-refractivity contribution in [1.29, 1.82) is 0 Å². The molecule has 0 aromatic heterocycles. The molecular weight excluding hydrogens is 432 g/mol. The van der Waals surface area contributed by atoms with Crippen molar-refractivity contribution >= 4 is 27.9 Å². The topological polar surface area (TPSA) is 52.6 Å². The molecule has 1 rings (SSSR count). The van der Waals surface area contributed by atoms with Gasteiger partial charge in [0, 0.05) is 4.47 Å². The lowest BCUT2D eigenvalue weighted by molar-refractivity contribution is 0.0381. The maximum Gasteiger partial charge on any atom is 0.339 e. The smallest absolute Gasteiger partial charge is 0.339 e. The third kappa shape index (κ3) is 9.33. The molecule has 0 spiro atoms. The van der Waals surface area contributed by atoms with Crippen molar-refractivity contribution in [2.75, 3.05) is 13.2 Å². The third-order valence-electron chi connectivity index (χ3n) is 5.41. The van der Waals surface area contributed by atoms with E-state index in [1.807, 2.05) is 0 Å². The second kappa shape index (κ2) is 14.6. The van der Waals surface area contributed by atoms with Crippen molar-refractivity contribution in [1.82, 2.24) is 0 Å². The molecule has 0 radical (unpaired) electrons. The standard InChI is InChI=1S/C24H37BrO4/c1-5-9-11-18(7-3)16-28-23(26)21-14-13-20(25)15-22(21)24(27)29-17-19(8-4)12-10-6-2/h13-15,18-19H,5-12,16-17H2,1-4H3. The van der Waals surface area contributed by atoms with Crippen LogP contribution in [0, 0.1) is 11.8 Å². The molecule has 2 atom stereocenters. The van der Waals surface area contributed by atoms with Crippen LogP contribution < -0.4 is 0 Å². The zero-order chi connectivity index (χ0) is 21.6. The van der Waals surface area contributed by atoms with Crippen molar-refractivity contribution in [3.8, 4) is 0 Å². The minimum absolute atomic E-state index is 0.260. The fourth-order valence-corrected chi connectivity index (χ4v) is 3.56. The Kier molecular flexibility index (Phi) is 12.9. The van der Waals surface area contributed by atoms with Gasteiger partial charge < -0.3 is 9.47 Å². The molecule has 5 heteroatoms. The lowest BCUT2D eigenvalue weighted by Crippen LogP contribution is -2.19. The molecule has 164 valence electrons. The van der Waals surface area contributed by atoms with Crippen molar-refractivity contribution in [3.05, 3.63) is 33.8 Å². The van der Waals surface area contributed by atoms with Crippen molar-refractivity contribution in [2.45, 2.75) is 79.1 Å². The largest absolute Gasteiger partial charge is 0.462 e. The molecular formula is C24H37BrO4. The first-order chi connectivity index (χ1) is 14.0. The number of hydrogen-bond acceptors (Lipinski definition) is 4. The zero-order valence-electron chi connectivity index (χ0n) is 18.5. The Labute approximate surface area is 184 Å². The summed E-state index contributed by atoms with van der Waals surface area (Å²) in [5.41, 5.74) is 0.529. The van der Waals surface area contributed by atoms with Crippen LogP contribution >= 0.6 is 15.9 Å². The zero-order valence-corrected chi connectivity index (χ0v) is 20.1. The highest BCUT2D eigenvalue weighted by molar-refractivity contribution is 9.10. The summed E-state index contributed by atoms with van der Waals surface area (Å²) in [5.74, 6) is -0.220. The summed E-state index contributed by atoms with van der Waals surface area (Å²) in [6, 6.07) is 5.02. The molecule has 29 heavy (non-hydrogen) atoms. The average Bonchev–Trinajstić information content (AvgIpc) is 2.73.